The van der Waals surface area contributed by atoms with Crippen LogP contribution in [-0.4, -0.2) is 55.1 Å². The molecule has 0 saturated carbocycles. The van der Waals surface area contributed by atoms with Crippen LogP contribution in [0, 0.1) is 11.8 Å². The zero-order valence-corrected chi connectivity index (χ0v) is 17.2. The Bertz CT molecular complexity index is 806. The maximum Gasteiger partial charge on any atom is 0.234 e. The zero-order valence-electron chi connectivity index (χ0n) is 17.2. The van der Waals surface area contributed by atoms with Gasteiger partial charge in [0.25, 0.3) is 0 Å². The van der Waals surface area contributed by atoms with E-state index in [9.17, 15) is 19.2 Å². The molecule has 1 N–H and O–H groups in total. The third kappa shape index (κ3) is 4.40. The summed E-state index contributed by atoms with van der Waals surface area (Å²) in [7, 11) is 0. The van der Waals surface area contributed by atoms with Gasteiger partial charge in [0.05, 0.1) is 5.92 Å². The Morgan fingerprint density at radius 3 is 2.20 bits per heavy atom. The predicted molar refractivity (Wildman–Crippen MR) is 112 cm³/mol. The van der Waals surface area contributed by atoms with Gasteiger partial charge in [-0.2, -0.15) is 0 Å². The highest BCUT2D eigenvalue weighted by Gasteiger charge is 2.31. The number of benzene rings is 1. The summed E-state index contributed by atoms with van der Waals surface area (Å²) in [6.07, 6.45) is 5.20. The molecule has 30 heavy (non-hydrogen) atoms. The summed E-state index contributed by atoms with van der Waals surface area (Å²) in [6.45, 7) is 3.06. The van der Waals surface area contributed by atoms with Crippen LogP contribution in [0.5, 0.6) is 0 Å². The minimum absolute atomic E-state index is 0.0665. The van der Waals surface area contributed by atoms with Gasteiger partial charge in [-0.15, -0.1) is 0 Å². The second-order valence-electron chi connectivity index (χ2n) is 8.66. The molecule has 3 saturated heterocycles. The average molecular weight is 412 g/mol. The molecule has 0 aromatic heterocycles. The Hall–Kier alpha value is -2.70. The summed E-state index contributed by atoms with van der Waals surface area (Å²) in [6, 6.07) is 8.02. The minimum Gasteiger partial charge on any atom is -0.371 e. The number of amides is 3. The molecular formula is C23H29N3O4. The molecule has 1 aromatic carbocycles. The van der Waals surface area contributed by atoms with Crippen LogP contribution in [0.4, 0.5) is 5.69 Å². The number of nitrogens with one attached hydrogen (secondary N) is 1. The van der Waals surface area contributed by atoms with Crippen LogP contribution < -0.4 is 10.2 Å². The predicted octanol–water partition coefficient (Wildman–Crippen LogP) is 1.86. The first-order chi connectivity index (χ1) is 14.5. The standard InChI is InChI=1S/C23H29N3O4/c27-15-16-7-11-26(12-8-16)23(30)18-9-13-25(14-10-18)19-3-1-17(2-4-19)20-5-6-21(28)24-22(20)29/h1-4,15-16,18,20H,5-14H2,(H,24,28,29). The maximum atomic E-state index is 12.8. The molecule has 0 aliphatic carbocycles. The normalized spacial score (nSPS) is 23.9. The number of anilines is 1. The van der Waals surface area contributed by atoms with Crippen LogP contribution in [0.2, 0.25) is 0 Å². The van der Waals surface area contributed by atoms with Crippen molar-refractivity contribution in [1.29, 1.82) is 0 Å². The van der Waals surface area contributed by atoms with E-state index >= 15 is 0 Å². The van der Waals surface area contributed by atoms with Crippen LogP contribution in [0.25, 0.3) is 0 Å². The van der Waals surface area contributed by atoms with Crippen LogP contribution >= 0.6 is 0 Å². The molecule has 7 nitrogen and oxygen atoms in total. The zero-order chi connectivity index (χ0) is 21.1. The number of aldehydes is 1. The number of rotatable bonds is 4. The van der Waals surface area contributed by atoms with E-state index in [-0.39, 0.29) is 35.5 Å². The van der Waals surface area contributed by atoms with Gasteiger partial charge >= 0.3 is 0 Å². The Balaban J connectivity index is 1.30. The van der Waals surface area contributed by atoms with Gasteiger partial charge in [0.2, 0.25) is 17.7 Å². The summed E-state index contributed by atoms with van der Waals surface area (Å²) in [4.78, 5) is 51.4. The largest absolute Gasteiger partial charge is 0.371 e. The molecule has 3 heterocycles. The second kappa shape index (κ2) is 8.98. The highest BCUT2D eigenvalue weighted by atomic mass is 16.2. The van der Waals surface area contributed by atoms with Crippen molar-refractivity contribution in [3.63, 3.8) is 0 Å². The van der Waals surface area contributed by atoms with Crippen molar-refractivity contribution in [2.45, 2.75) is 44.4 Å². The number of imide groups is 1. The molecule has 160 valence electrons. The number of nitrogens with zero attached hydrogens (tertiary/aromatic N) is 2. The monoisotopic (exact) mass is 411 g/mol. The second-order valence-corrected chi connectivity index (χ2v) is 8.66. The van der Waals surface area contributed by atoms with Crippen LogP contribution in [0.3, 0.4) is 0 Å². The first-order valence-electron chi connectivity index (χ1n) is 11.0. The van der Waals surface area contributed by atoms with Gasteiger partial charge in [0, 0.05) is 50.1 Å². The fraction of sp³-hybridized carbons (Fsp3) is 0.565. The SMILES string of the molecule is O=CC1CCN(C(=O)C2CCN(c3ccc(C4CCC(=O)NC4=O)cc3)CC2)CC1. The van der Waals surface area contributed by atoms with Crippen molar-refractivity contribution in [3.05, 3.63) is 29.8 Å². The summed E-state index contributed by atoms with van der Waals surface area (Å²) in [5.74, 6) is -0.250. The van der Waals surface area contributed by atoms with Crippen molar-refractivity contribution in [2.24, 2.45) is 11.8 Å². The number of carbonyl (C=O) groups is 4. The Labute approximate surface area is 176 Å². The fourth-order valence-corrected chi connectivity index (χ4v) is 4.83. The van der Waals surface area contributed by atoms with Crippen molar-refractivity contribution in [2.75, 3.05) is 31.1 Å². The van der Waals surface area contributed by atoms with Crippen LogP contribution in [0.15, 0.2) is 24.3 Å². The van der Waals surface area contributed by atoms with Gasteiger partial charge in [0.15, 0.2) is 0 Å². The Morgan fingerprint density at radius 1 is 0.933 bits per heavy atom. The first-order valence-corrected chi connectivity index (χ1v) is 11.0. The lowest BCUT2D eigenvalue weighted by Crippen LogP contribution is -2.45. The van der Waals surface area contributed by atoms with Crippen molar-refractivity contribution < 1.29 is 19.2 Å². The lowest BCUT2D eigenvalue weighted by atomic mass is 9.90. The first kappa shape index (κ1) is 20.6. The molecule has 0 bridgehead atoms. The van der Waals surface area contributed by atoms with Gasteiger partial charge < -0.3 is 14.6 Å². The van der Waals surface area contributed by atoms with E-state index in [1.807, 2.05) is 29.2 Å². The number of carbonyl (C=O) groups excluding carboxylic acids is 4. The molecule has 4 rings (SSSR count). The molecule has 3 aliphatic heterocycles. The molecule has 3 fully saturated rings. The fourth-order valence-electron chi connectivity index (χ4n) is 4.83. The van der Waals surface area contributed by atoms with Gasteiger partial charge in [-0.3, -0.25) is 19.7 Å². The smallest absolute Gasteiger partial charge is 0.234 e. The molecule has 1 unspecified atom stereocenters. The quantitative estimate of drug-likeness (QED) is 0.604. The number of hydrogen-bond acceptors (Lipinski definition) is 5. The topological polar surface area (TPSA) is 86.8 Å². The number of piperidine rings is 3. The Morgan fingerprint density at radius 2 is 1.60 bits per heavy atom. The maximum absolute atomic E-state index is 12.8. The van der Waals surface area contributed by atoms with Crippen LogP contribution in [-0.2, 0) is 19.2 Å². The molecule has 7 heteroatoms. The molecule has 3 amide bonds. The molecule has 1 aromatic rings. The highest BCUT2D eigenvalue weighted by Crippen LogP contribution is 2.29. The minimum atomic E-state index is -0.261. The molecule has 3 aliphatic rings. The molecular weight excluding hydrogens is 382 g/mol. The summed E-state index contributed by atoms with van der Waals surface area (Å²) < 4.78 is 0. The van der Waals surface area contributed by atoms with E-state index in [0.29, 0.717) is 25.9 Å². The highest BCUT2D eigenvalue weighted by molar-refractivity contribution is 6.00. The van der Waals surface area contributed by atoms with Gasteiger partial charge in [-0.25, -0.2) is 0 Å². The van der Waals surface area contributed by atoms with E-state index < -0.39 is 0 Å². The van der Waals surface area contributed by atoms with Crippen LogP contribution in [0.1, 0.15) is 50.0 Å². The number of likely N-dealkylation sites (tertiary alicyclic amines) is 1. The van der Waals surface area contributed by atoms with E-state index in [0.717, 1.165) is 56.3 Å². The van der Waals surface area contributed by atoms with E-state index in [2.05, 4.69) is 10.2 Å². The molecule has 1 atom stereocenters. The van der Waals surface area contributed by atoms with Gasteiger partial charge in [-0.1, -0.05) is 12.1 Å². The molecule has 0 radical (unpaired) electrons. The lowest BCUT2D eigenvalue weighted by Gasteiger charge is -2.37. The van der Waals surface area contributed by atoms with Gasteiger partial charge in [-0.05, 0) is 49.8 Å². The summed E-state index contributed by atoms with van der Waals surface area (Å²) >= 11 is 0. The number of hydrogen-bond donors (Lipinski definition) is 1. The molecule has 0 spiro atoms. The van der Waals surface area contributed by atoms with Crippen molar-refractivity contribution in [3.8, 4) is 0 Å². The van der Waals surface area contributed by atoms with E-state index in [4.69, 9.17) is 0 Å². The summed E-state index contributed by atoms with van der Waals surface area (Å²) in [5.41, 5.74) is 2.04. The third-order valence-electron chi connectivity index (χ3n) is 6.79. The van der Waals surface area contributed by atoms with Crippen molar-refractivity contribution in [1.82, 2.24) is 10.2 Å². The average Bonchev–Trinajstić information content (AvgIpc) is 2.79. The lowest BCUT2D eigenvalue weighted by molar-refractivity contribution is -0.138. The third-order valence-corrected chi connectivity index (χ3v) is 6.79. The summed E-state index contributed by atoms with van der Waals surface area (Å²) in [5, 5.41) is 2.41. The van der Waals surface area contributed by atoms with E-state index in [1.165, 1.54) is 0 Å². The van der Waals surface area contributed by atoms with Gasteiger partial charge in [0.1, 0.15) is 6.29 Å². The van der Waals surface area contributed by atoms with Crippen molar-refractivity contribution >= 4 is 29.7 Å². The van der Waals surface area contributed by atoms with E-state index in [1.54, 1.807) is 0 Å². The Kier molecular flexibility index (Phi) is 6.16.